The quantitative estimate of drug-likeness (QED) is 0.664. The van der Waals surface area contributed by atoms with Crippen molar-refractivity contribution in [3.8, 4) is 17.1 Å². The third-order valence-corrected chi connectivity index (χ3v) is 4.28. The first-order valence-corrected chi connectivity index (χ1v) is 8.80. The number of aliphatic hydroxyl groups excluding tert-OH is 1. The number of carbonyl (C=O) groups is 1. The molecule has 6 nitrogen and oxygen atoms in total. The molecule has 2 heterocycles. The highest BCUT2D eigenvalue weighted by atomic mass is 19.1. The molecular weight excluding hydrogens is 380 g/mol. The lowest BCUT2D eigenvalue weighted by Crippen LogP contribution is -2.24. The van der Waals surface area contributed by atoms with Crippen molar-refractivity contribution in [2.75, 3.05) is 7.11 Å². The van der Waals surface area contributed by atoms with E-state index >= 15 is 0 Å². The lowest BCUT2D eigenvalue weighted by atomic mass is 10.00. The molecule has 0 aliphatic carbocycles. The summed E-state index contributed by atoms with van der Waals surface area (Å²) in [6.45, 7) is 1.55. The average Bonchev–Trinajstić information content (AvgIpc) is 2.72. The van der Waals surface area contributed by atoms with Crippen molar-refractivity contribution in [2.24, 2.45) is 0 Å². The number of hydrogen-bond acceptors (Lipinski definition) is 5. The molecule has 1 amide bonds. The van der Waals surface area contributed by atoms with E-state index in [0.717, 1.165) is 0 Å². The van der Waals surface area contributed by atoms with E-state index in [-0.39, 0.29) is 18.0 Å². The number of rotatable bonds is 6. The molecule has 3 rings (SSSR count). The van der Waals surface area contributed by atoms with E-state index in [1.807, 2.05) is 0 Å². The van der Waals surface area contributed by atoms with Gasteiger partial charge in [0.1, 0.15) is 5.82 Å². The van der Waals surface area contributed by atoms with Crippen LogP contribution in [0.2, 0.25) is 0 Å². The van der Waals surface area contributed by atoms with Crippen LogP contribution >= 0.6 is 0 Å². The van der Waals surface area contributed by atoms with Crippen LogP contribution in [0, 0.1) is 11.6 Å². The van der Waals surface area contributed by atoms with Gasteiger partial charge in [-0.3, -0.25) is 9.78 Å². The van der Waals surface area contributed by atoms with E-state index in [1.165, 1.54) is 37.6 Å². The summed E-state index contributed by atoms with van der Waals surface area (Å²) in [5, 5.41) is 12.5. The predicted molar refractivity (Wildman–Crippen MR) is 102 cm³/mol. The minimum Gasteiger partial charge on any atom is -0.479 e. The summed E-state index contributed by atoms with van der Waals surface area (Å²) < 4.78 is 32.7. The van der Waals surface area contributed by atoms with Crippen LogP contribution < -0.4 is 10.1 Å². The van der Waals surface area contributed by atoms with Crippen LogP contribution in [0.15, 0.2) is 48.8 Å². The summed E-state index contributed by atoms with van der Waals surface area (Å²) in [5.41, 5.74) is 1.72. The van der Waals surface area contributed by atoms with Crippen molar-refractivity contribution >= 4 is 5.91 Å². The second-order valence-electron chi connectivity index (χ2n) is 6.33. The Kier molecular flexibility index (Phi) is 6.13. The Labute approximate surface area is 166 Å². The minimum absolute atomic E-state index is 0.0427. The van der Waals surface area contributed by atoms with Gasteiger partial charge >= 0.3 is 0 Å². The summed E-state index contributed by atoms with van der Waals surface area (Å²) >= 11 is 0. The number of pyridine rings is 2. The Morgan fingerprint density at radius 3 is 2.69 bits per heavy atom. The van der Waals surface area contributed by atoms with Gasteiger partial charge < -0.3 is 15.2 Å². The molecule has 0 fully saturated rings. The highest BCUT2D eigenvalue weighted by Gasteiger charge is 2.17. The molecule has 3 aromatic rings. The lowest BCUT2D eigenvalue weighted by molar-refractivity contribution is 0.0947. The average molecular weight is 399 g/mol. The Bertz CT molecular complexity index is 1040. The van der Waals surface area contributed by atoms with Gasteiger partial charge in [0.25, 0.3) is 5.91 Å². The van der Waals surface area contributed by atoms with Crippen LogP contribution in [0.3, 0.4) is 0 Å². The number of aliphatic hydroxyl groups is 1. The SMILES string of the molecule is COc1ncc(CNC(=O)c2cc(-c3ncccc3[C@@H](C)O)ccc2F)cc1F. The first-order chi connectivity index (χ1) is 13.9. The summed E-state index contributed by atoms with van der Waals surface area (Å²) in [6.07, 6.45) is 2.13. The number of nitrogens with zero attached hydrogens (tertiary/aromatic N) is 2. The zero-order chi connectivity index (χ0) is 21.0. The highest BCUT2D eigenvalue weighted by molar-refractivity contribution is 5.95. The predicted octanol–water partition coefficient (Wildman–Crippen LogP) is 3.41. The van der Waals surface area contributed by atoms with Crippen molar-refractivity contribution < 1.29 is 23.4 Å². The standard InChI is InChI=1S/C21H19F2N3O3/c1-12(27)15-4-3-7-24-19(15)14-5-6-17(22)16(9-14)20(28)25-10-13-8-18(23)21(29-2)26-11-13/h3-9,11-12,27H,10H2,1-2H3,(H,25,28)/t12-/m1/s1. The number of nitrogens with one attached hydrogen (secondary N) is 1. The number of hydrogen-bond donors (Lipinski definition) is 2. The third kappa shape index (κ3) is 4.55. The maximum Gasteiger partial charge on any atom is 0.254 e. The summed E-state index contributed by atoms with van der Waals surface area (Å²) in [5.74, 6) is -2.19. The first kappa shape index (κ1) is 20.3. The fraction of sp³-hybridized carbons (Fsp3) is 0.190. The number of aromatic nitrogens is 2. The zero-order valence-electron chi connectivity index (χ0n) is 15.8. The molecule has 1 atom stereocenters. The summed E-state index contributed by atoms with van der Waals surface area (Å²) in [4.78, 5) is 20.5. The number of benzene rings is 1. The van der Waals surface area contributed by atoms with Crippen molar-refractivity contribution in [1.82, 2.24) is 15.3 Å². The van der Waals surface area contributed by atoms with Gasteiger partial charge in [-0.2, -0.15) is 0 Å². The second-order valence-corrected chi connectivity index (χ2v) is 6.33. The second kappa shape index (κ2) is 8.74. The third-order valence-electron chi connectivity index (χ3n) is 4.28. The van der Waals surface area contributed by atoms with E-state index < -0.39 is 23.6 Å². The summed E-state index contributed by atoms with van der Waals surface area (Å²) in [6, 6.07) is 8.60. The minimum atomic E-state index is -0.779. The highest BCUT2D eigenvalue weighted by Crippen LogP contribution is 2.27. The number of ether oxygens (including phenoxy) is 1. The molecule has 150 valence electrons. The number of carbonyl (C=O) groups excluding carboxylic acids is 1. The van der Waals surface area contributed by atoms with E-state index in [1.54, 1.807) is 25.3 Å². The molecule has 0 spiro atoms. The number of methoxy groups -OCH3 is 1. The molecule has 0 unspecified atom stereocenters. The van der Waals surface area contributed by atoms with E-state index in [0.29, 0.717) is 22.4 Å². The van der Waals surface area contributed by atoms with Crippen LogP contribution in [-0.2, 0) is 6.54 Å². The van der Waals surface area contributed by atoms with Crippen molar-refractivity contribution in [1.29, 1.82) is 0 Å². The molecule has 0 saturated heterocycles. The number of amides is 1. The van der Waals surface area contributed by atoms with Crippen LogP contribution in [0.25, 0.3) is 11.3 Å². The van der Waals surface area contributed by atoms with E-state index in [2.05, 4.69) is 15.3 Å². The maximum absolute atomic E-state index is 14.3. The Morgan fingerprint density at radius 1 is 1.21 bits per heavy atom. The molecule has 0 saturated carbocycles. The monoisotopic (exact) mass is 399 g/mol. The lowest BCUT2D eigenvalue weighted by Gasteiger charge is -2.12. The van der Waals surface area contributed by atoms with Gasteiger partial charge in [-0.25, -0.2) is 13.8 Å². The molecule has 0 bridgehead atoms. The topological polar surface area (TPSA) is 84.3 Å². The Hall–Kier alpha value is -3.39. The van der Waals surface area contributed by atoms with Gasteiger partial charge in [0.2, 0.25) is 5.88 Å². The fourth-order valence-electron chi connectivity index (χ4n) is 2.83. The van der Waals surface area contributed by atoms with Gasteiger partial charge in [-0.1, -0.05) is 6.07 Å². The molecule has 0 aliphatic rings. The first-order valence-electron chi connectivity index (χ1n) is 8.80. The Balaban J connectivity index is 1.83. The molecule has 0 aliphatic heterocycles. The van der Waals surface area contributed by atoms with Gasteiger partial charge in [0, 0.05) is 30.1 Å². The molecule has 8 heteroatoms. The fourth-order valence-corrected chi connectivity index (χ4v) is 2.83. The van der Waals surface area contributed by atoms with Crippen LogP contribution in [0.1, 0.15) is 34.5 Å². The Morgan fingerprint density at radius 2 is 2.00 bits per heavy atom. The normalized spacial score (nSPS) is 11.8. The largest absolute Gasteiger partial charge is 0.479 e. The van der Waals surface area contributed by atoms with Crippen molar-refractivity contribution in [2.45, 2.75) is 19.6 Å². The summed E-state index contributed by atoms with van der Waals surface area (Å²) in [7, 11) is 1.30. The molecule has 1 aromatic carbocycles. The maximum atomic E-state index is 14.3. The van der Waals surface area contributed by atoms with Crippen LogP contribution in [0.5, 0.6) is 5.88 Å². The van der Waals surface area contributed by atoms with Crippen molar-refractivity contribution in [3.05, 3.63) is 77.1 Å². The smallest absolute Gasteiger partial charge is 0.254 e. The molecule has 29 heavy (non-hydrogen) atoms. The van der Waals surface area contributed by atoms with E-state index in [9.17, 15) is 18.7 Å². The molecule has 0 radical (unpaired) electrons. The molecular formula is C21H19F2N3O3. The van der Waals surface area contributed by atoms with Crippen LogP contribution in [-0.4, -0.2) is 28.1 Å². The van der Waals surface area contributed by atoms with Gasteiger partial charge in [-0.05, 0) is 42.8 Å². The van der Waals surface area contributed by atoms with Gasteiger partial charge in [0.15, 0.2) is 5.82 Å². The molecule has 2 N–H and O–H groups in total. The van der Waals surface area contributed by atoms with Gasteiger partial charge in [0.05, 0.1) is 24.5 Å². The zero-order valence-corrected chi connectivity index (χ0v) is 15.8. The van der Waals surface area contributed by atoms with Crippen LogP contribution in [0.4, 0.5) is 8.78 Å². The molecule has 2 aromatic heterocycles. The van der Waals surface area contributed by atoms with Crippen molar-refractivity contribution in [3.63, 3.8) is 0 Å². The van der Waals surface area contributed by atoms with Gasteiger partial charge in [-0.15, -0.1) is 0 Å². The number of halogens is 2. The van der Waals surface area contributed by atoms with E-state index in [4.69, 9.17) is 4.74 Å².